The van der Waals surface area contributed by atoms with Gasteiger partial charge in [0.05, 0.1) is 11.7 Å². The Morgan fingerprint density at radius 1 is 1.10 bits per heavy atom. The van der Waals surface area contributed by atoms with Gasteiger partial charge in [0.2, 0.25) is 0 Å². The van der Waals surface area contributed by atoms with Crippen LogP contribution in [0.4, 0.5) is 0 Å². The van der Waals surface area contributed by atoms with Crippen molar-refractivity contribution in [3.05, 3.63) is 66.0 Å². The van der Waals surface area contributed by atoms with Crippen molar-refractivity contribution in [3.8, 4) is 0 Å². The zero-order chi connectivity index (χ0) is 14.2. The van der Waals surface area contributed by atoms with E-state index in [1.54, 1.807) is 0 Å². The van der Waals surface area contributed by atoms with Gasteiger partial charge < -0.3 is 10.4 Å². The van der Waals surface area contributed by atoms with E-state index in [0.717, 1.165) is 18.5 Å². The van der Waals surface area contributed by atoms with Crippen molar-refractivity contribution in [2.45, 2.75) is 31.8 Å². The molecule has 2 N–H and O–H groups in total. The van der Waals surface area contributed by atoms with Crippen LogP contribution in [-0.2, 0) is 0 Å². The summed E-state index contributed by atoms with van der Waals surface area (Å²) >= 11 is 0. The van der Waals surface area contributed by atoms with E-state index in [4.69, 9.17) is 5.11 Å². The zero-order valence-corrected chi connectivity index (χ0v) is 11.9. The highest BCUT2D eigenvalue weighted by atomic mass is 16.2. The number of aromatic nitrogens is 1. The summed E-state index contributed by atoms with van der Waals surface area (Å²) in [6.07, 6.45) is 3.59. The molecule has 0 bridgehead atoms. The average Bonchev–Trinajstić information content (AvgIpc) is 2.52. The summed E-state index contributed by atoms with van der Waals surface area (Å²) in [4.78, 5) is 4.48. The number of nitrogens with one attached hydrogen (secondary N) is 1. The molecule has 2 atom stereocenters. The van der Waals surface area contributed by atoms with E-state index >= 15 is 0 Å². The number of benzene rings is 1. The maximum atomic E-state index is 8.94. The molecule has 106 valence electrons. The van der Waals surface area contributed by atoms with Gasteiger partial charge in [0.15, 0.2) is 0 Å². The third kappa shape index (κ3) is 4.15. The topological polar surface area (TPSA) is 45.1 Å². The minimum Gasteiger partial charge on any atom is -0.396 e. The van der Waals surface area contributed by atoms with Gasteiger partial charge in [-0.25, -0.2) is 0 Å². The summed E-state index contributed by atoms with van der Waals surface area (Å²) in [5, 5.41) is 12.6. The lowest BCUT2D eigenvalue weighted by Crippen LogP contribution is -2.32. The summed E-state index contributed by atoms with van der Waals surface area (Å²) in [6.45, 7) is 2.39. The summed E-state index contributed by atoms with van der Waals surface area (Å²) in [6, 6.07) is 16.8. The first-order valence-corrected chi connectivity index (χ1v) is 7.14. The Hall–Kier alpha value is -1.71. The largest absolute Gasteiger partial charge is 0.396 e. The average molecular weight is 270 g/mol. The van der Waals surface area contributed by atoms with Crippen LogP contribution in [0.25, 0.3) is 0 Å². The second-order valence-corrected chi connectivity index (χ2v) is 5.03. The van der Waals surface area contributed by atoms with Gasteiger partial charge in [0.1, 0.15) is 0 Å². The Morgan fingerprint density at radius 3 is 2.50 bits per heavy atom. The lowest BCUT2D eigenvalue weighted by atomic mass is 10.0. The van der Waals surface area contributed by atoms with Crippen LogP contribution in [0.15, 0.2) is 54.7 Å². The predicted octanol–water partition coefficient (Wildman–Crippen LogP) is 2.92. The number of nitrogens with zero attached hydrogens (tertiary/aromatic N) is 1. The van der Waals surface area contributed by atoms with Crippen LogP contribution in [-0.4, -0.2) is 22.7 Å². The Bertz CT molecular complexity index is 447. The van der Waals surface area contributed by atoms with Gasteiger partial charge in [-0.1, -0.05) is 36.4 Å². The molecule has 0 saturated carbocycles. The molecule has 0 radical (unpaired) electrons. The van der Waals surface area contributed by atoms with Crippen molar-refractivity contribution in [2.24, 2.45) is 0 Å². The monoisotopic (exact) mass is 270 g/mol. The van der Waals surface area contributed by atoms with Crippen LogP contribution in [0.1, 0.15) is 37.1 Å². The Balaban J connectivity index is 2.17. The maximum Gasteiger partial charge on any atom is 0.0753 e. The zero-order valence-electron chi connectivity index (χ0n) is 11.9. The highest BCUT2D eigenvalue weighted by Crippen LogP contribution is 2.21. The van der Waals surface area contributed by atoms with Crippen molar-refractivity contribution in [1.29, 1.82) is 0 Å². The summed E-state index contributed by atoms with van der Waals surface area (Å²) in [7, 11) is 0. The van der Waals surface area contributed by atoms with Gasteiger partial charge in [-0.15, -0.1) is 0 Å². The lowest BCUT2D eigenvalue weighted by molar-refractivity contribution is 0.275. The van der Waals surface area contributed by atoms with Crippen LogP contribution in [0.2, 0.25) is 0 Å². The van der Waals surface area contributed by atoms with E-state index in [1.807, 2.05) is 42.6 Å². The number of aliphatic hydroxyl groups is 1. The molecule has 1 heterocycles. The first-order valence-electron chi connectivity index (χ1n) is 7.14. The highest BCUT2D eigenvalue weighted by molar-refractivity contribution is 5.27. The molecule has 0 aliphatic rings. The maximum absolute atomic E-state index is 8.94. The van der Waals surface area contributed by atoms with Gasteiger partial charge in [0.25, 0.3) is 0 Å². The fraction of sp³-hybridized carbons (Fsp3) is 0.353. The molecule has 0 aliphatic carbocycles. The van der Waals surface area contributed by atoms with Crippen LogP contribution in [0.3, 0.4) is 0 Å². The SMILES string of the molecule is CC(CCCO)NC(c1ccccc1)c1ccccn1. The molecule has 0 fully saturated rings. The third-order valence-corrected chi connectivity index (χ3v) is 3.36. The molecule has 2 aromatic rings. The van der Waals surface area contributed by atoms with E-state index in [9.17, 15) is 0 Å². The van der Waals surface area contributed by atoms with Gasteiger partial charge in [-0.05, 0) is 37.5 Å². The van der Waals surface area contributed by atoms with E-state index in [-0.39, 0.29) is 12.6 Å². The van der Waals surface area contributed by atoms with E-state index < -0.39 is 0 Å². The minimum atomic E-state index is 0.0890. The first-order chi connectivity index (χ1) is 9.81. The Kier molecular flexibility index (Phi) is 5.71. The number of hydrogen-bond donors (Lipinski definition) is 2. The second kappa shape index (κ2) is 7.78. The molecule has 0 spiro atoms. The molecule has 2 rings (SSSR count). The third-order valence-electron chi connectivity index (χ3n) is 3.36. The van der Waals surface area contributed by atoms with Crippen LogP contribution in [0.5, 0.6) is 0 Å². The predicted molar refractivity (Wildman–Crippen MR) is 81.4 cm³/mol. The van der Waals surface area contributed by atoms with Crippen molar-refractivity contribution in [1.82, 2.24) is 10.3 Å². The molecular weight excluding hydrogens is 248 g/mol. The first kappa shape index (κ1) is 14.7. The van der Waals surface area contributed by atoms with Crippen molar-refractivity contribution >= 4 is 0 Å². The molecule has 0 saturated heterocycles. The molecule has 20 heavy (non-hydrogen) atoms. The number of rotatable bonds is 7. The molecule has 1 aromatic heterocycles. The molecular formula is C17H22N2O. The van der Waals surface area contributed by atoms with Crippen molar-refractivity contribution in [2.75, 3.05) is 6.61 Å². The normalized spacial score (nSPS) is 13.9. The second-order valence-electron chi connectivity index (χ2n) is 5.03. The van der Waals surface area contributed by atoms with Crippen LogP contribution in [0, 0.1) is 0 Å². The quantitative estimate of drug-likeness (QED) is 0.813. The molecule has 0 aliphatic heterocycles. The number of hydrogen-bond acceptors (Lipinski definition) is 3. The fourth-order valence-electron chi connectivity index (χ4n) is 2.31. The Labute approximate surface area is 120 Å². The van der Waals surface area contributed by atoms with Crippen molar-refractivity contribution < 1.29 is 5.11 Å². The minimum absolute atomic E-state index is 0.0890. The lowest BCUT2D eigenvalue weighted by Gasteiger charge is -2.23. The van der Waals surface area contributed by atoms with E-state index in [0.29, 0.717) is 6.04 Å². The molecule has 1 aromatic carbocycles. The highest BCUT2D eigenvalue weighted by Gasteiger charge is 2.17. The van der Waals surface area contributed by atoms with Gasteiger partial charge in [-0.3, -0.25) is 4.98 Å². The van der Waals surface area contributed by atoms with Gasteiger partial charge >= 0.3 is 0 Å². The fourth-order valence-corrected chi connectivity index (χ4v) is 2.31. The van der Waals surface area contributed by atoms with Crippen LogP contribution >= 0.6 is 0 Å². The molecule has 2 unspecified atom stereocenters. The Morgan fingerprint density at radius 2 is 1.85 bits per heavy atom. The van der Waals surface area contributed by atoms with E-state index in [1.165, 1.54) is 5.56 Å². The summed E-state index contributed by atoms with van der Waals surface area (Å²) < 4.78 is 0. The summed E-state index contributed by atoms with van der Waals surface area (Å²) in [5.41, 5.74) is 2.23. The molecule has 3 heteroatoms. The molecule has 3 nitrogen and oxygen atoms in total. The number of aliphatic hydroxyl groups excluding tert-OH is 1. The smallest absolute Gasteiger partial charge is 0.0753 e. The van der Waals surface area contributed by atoms with Gasteiger partial charge in [-0.2, -0.15) is 0 Å². The van der Waals surface area contributed by atoms with Crippen molar-refractivity contribution in [3.63, 3.8) is 0 Å². The summed E-state index contributed by atoms with van der Waals surface area (Å²) in [5.74, 6) is 0. The standard InChI is InChI=1S/C17H22N2O/c1-14(8-7-13-20)19-17(15-9-3-2-4-10-15)16-11-5-6-12-18-16/h2-6,9-12,14,17,19-20H,7-8,13H2,1H3. The van der Waals surface area contributed by atoms with E-state index in [2.05, 4.69) is 29.4 Å². The molecule has 0 amide bonds. The van der Waals surface area contributed by atoms with Gasteiger partial charge in [0, 0.05) is 18.8 Å². The van der Waals surface area contributed by atoms with Crippen LogP contribution < -0.4 is 5.32 Å². The number of pyridine rings is 1.